The normalized spacial score (nSPS) is 26.2. The highest BCUT2D eigenvalue weighted by Crippen LogP contribution is 2.31. The van der Waals surface area contributed by atoms with Gasteiger partial charge in [0.05, 0.1) is 0 Å². The molecule has 1 aliphatic heterocycles. The number of nitrogens with zero attached hydrogens (tertiary/aromatic N) is 1. The van der Waals surface area contributed by atoms with Crippen molar-refractivity contribution in [3.8, 4) is 0 Å². The molecule has 1 saturated carbocycles. The van der Waals surface area contributed by atoms with Crippen molar-refractivity contribution in [2.45, 2.75) is 31.2 Å². The van der Waals surface area contributed by atoms with E-state index in [4.69, 9.17) is 5.73 Å². The first-order valence-corrected chi connectivity index (χ1v) is 4.70. The molecule has 0 unspecified atom stereocenters. The maximum Gasteiger partial charge on any atom is 0.107 e. The first-order chi connectivity index (χ1) is 5.66. The fourth-order valence-corrected chi connectivity index (χ4v) is 1.17. The van der Waals surface area contributed by atoms with E-state index >= 15 is 0 Å². The first kappa shape index (κ1) is 9.93. The molecule has 2 fully saturated rings. The van der Waals surface area contributed by atoms with Gasteiger partial charge in [-0.3, -0.25) is 0 Å². The fraction of sp³-hybridized carbons (Fsp3) is 1.00. The smallest absolute Gasteiger partial charge is 0.107 e. The Kier molecular flexibility index (Phi) is 3.47. The van der Waals surface area contributed by atoms with Gasteiger partial charge in [-0.15, -0.1) is 0 Å². The van der Waals surface area contributed by atoms with E-state index in [-0.39, 0.29) is 12.2 Å². The lowest BCUT2D eigenvalue weighted by Gasteiger charge is -2.01. The summed E-state index contributed by atoms with van der Waals surface area (Å²) in [6.07, 6.45) is 4.58. The van der Waals surface area contributed by atoms with Gasteiger partial charge in [0.2, 0.25) is 0 Å². The van der Waals surface area contributed by atoms with Crippen molar-refractivity contribution in [3.05, 3.63) is 0 Å². The number of alkyl halides is 1. The summed E-state index contributed by atoms with van der Waals surface area (Å²) in [5, 5.41) is 0. The maximum absolute atomic E-state index is 11.4. The van der Waals surface area contributed by atoms with E-state index in [0.29, 0.717) is 0 Å². The van der Waals surface area contributed by atoms with E-state index in [9.17, 15) is 4.39 Å². The zero-order chi connectivity index (χ0) is 9.03. The van der Waals surface area contributed by atoms with Crippen molar-refractivity contribution in [1.29, 1.82) is 0 Å². The van der Waals surface area contributed by atoms with Crippen LogP contribution in [0.1, 0.15) is 25.7 Å². The Morgan fingerprint density at radius 2 is 1.83 bits per heavy atom. The van der Waals surface area contributed by atoms with Crippen LogP contribution >= 0.6 is 0 Å². The number of hydrogen-bond acceptors (Lipinski definition) is 2. The topological polar surface area (TPSA) is 29.3 Å². The first-order valence-electron chi connectivity index (χ1n) is 4.70. The van der Waals surface area contributed by atoms with Crippen molar-refractivity contribution >= 4 is 0 Å². The van der Waals surface area contributed by atoms with Gasteiger partial charge in [0.15, 0.2) is 0 Å². The lowest BCUT2D eigenvalue weighted by atomic mass is 10.3. The zero-order valence-electron chi connectivity index (χ0n) is 7.85. The largest absolute Gasteiger partial charge is 0.323 e. The summed E-state index contributed by atoms with van der Waals surface area (Å²) in [6.45, 7) is 2.30. The van der Waals surface area contributed by atoms with E-state index in [1.807, 2.05) is 0 Å². The third-order valence-corrected chi connectivity index (χ3v) is 2.49. The Balaban J connectivity index is 0.000000120. The zero-order valence-corrected chi connectivity index (χ0v) is 7.85. The Labute approximate surface area is 73.9 Å². The lowest BCUT2D eigenvalue weighted by Crippen LogP contribution is -2.23. The van der Waals surface area contributed by atoms with Crippen molar-refractivity contribution in [2.75, 3.05) is 26.8 Å². The molecule has 12 heavy (non-hydrogen) atoms. The quantitative estimate of drug-likeness (QED) is 0.646. The third kappa shape index (κ3) is 3.50. The van der Waals surface area contributed by atoms with E-state index in [0.717, 1.165) is 12.8 Å². The molecule has 0 radical (unpaired) electrons. The van der Waals surface area contributed by atoms with Crippen molar-refractivity contribution in [1.82, 2.24) is 4.90 Å². The summed E-state index contributed by atoms with van der Waals surface area (Å²) < 4.78 is 11.4. The minimum atomic E-state index is -0.375. The van der Waals surface area contributed by atoms with Crippen LogP contribution < -0.4 is 5.73 Å². The SMILES string of the molecule is CN1CCCC1.NC1(CF)CC1. The maximum atomic E-state index is 11.4. The molecule has 3 heteroatoms. The van der Waals surface area contributed by atoms with E-state index in [1.165, 1.54) is 25.9 Å². The fourth-order valence-electron chi connectivity index (χ4n) is 1.17. The van der Waals surface area contributed by atoms with E-state index in [2.05, 4.69) is 11.9 Å². The van der Waals surface area contributed by atoms with Crippen LogP contribution in [0.4, 0.5) is 4.39 Å². The third-order valence-electron chi connectivity index (χ3n) is 2.49. The van der Waals surface area contributed by atoms with Crippen molar-refractivity contribution in [3.63, 3.8) is 0 Å². The molecule has 0 atom stereocenters. The van der Waals surface area contributed by atoms with E-state index in [1.54, 1.807) is 0 Å². The summed E-state index contributed by atoms with van der Waals surface area (Å²) in [7, 11) is 2.17. The summed E-state index contributed by atoms with van der Waals surface area (Å²) in [5.41, 5.74) is 4.90. The van der Waals surface area contributed by atoms with Crippen LogP contribution in [-0.2, 0) is 0 Å². The molecular weight excluding hydrogens is 155 g/mol. The second-order valence-electron chi connectivity index (χ2n) is 4.01. The predicted octanol–water partition coefficient (Wildman–Crippen LogP) is 1.16. The Morgan fingerprint density at radius 3 is 1.92 bits per heavy atom. The average molecular weight is 174 g/mol. The molecule has 2 N–H and O–H groups in total. The van der Waals surface area contributed by atoms with Gasteiger partial charge in [0.1, 0.15) is 6.67 Å². The van der Waals surface area contributed by atoms with Gasteiger partial charge in [0, 0.05) is 5.54 Å². The second-order valence-corrected chi connectivity index (χ2v) is 4.01. The molecule has 0 spiro atoms. The molecule has 1 heterocycles. The minimum Gasteiger partial charge on any atom is -0.323 e. The van der Waals surface area contributed by atoms with Gasteiger partial charge in [0.25, 0.3) is 0 Å². The average Bonchev–Trinajstić information content (AvgIpc) is 2.61. The molecule has 1 saturated heterocycles. The Morgan fingerprint density at radius 1 is 1.33 bits per heavy atom. The predicted molar refractivity (Wildman–Crippen MR) is 48.9 cm³/mol. The number of likely N-dealkylation sites (tertiary alicyclic amines) is 1. The van der Waals surface area contributed by atoms with Crippen LogP contribution in [0.15, 0.2) is 0 Å². The molecule has 2 rings (SSSR count). The molecular formula is C9H19FN2. The molecule has 72 valence electrons. The standard InChI is InChI=1S/C5H11N.C4H8FN/c1-6-4-2-3-5-6;5-3-4(6)1-2-4/h2-5H2,1H3;1-3,6H2. The Bertz CT molecular complexity index is 128. The Hall–Kier alpha value is -0.150. The van der Waals surface area contributed by atoms with Crippen LogP contribution in [0.2, 0.25) is 0 Å². The van der Waals surface area contributed by atoms with Crippen molar-refractivity contribution in [2.24, 2.45) is 5.73 Å². The summed E-state index contributed by atoms with van der Waals surface area (Å²) >= 11 is 0. The molecule has 0 bridgehead atoms. The van der Waals surface area contributed by atoms with Crippen LogP contribution in [0.5, 0.6) is 0 Å². The van der Waals surface area contributed by atoms with Gasteiger partial charge in [-0.2, -0.15) is 0 Å². The van der Waals surface area contributed by atoms with Crippen molar-refractivity contribution < 1.29 is 4.39 Å². The highest BCUT2D eigenvalue weighted by Gasteiger charge is 2.37. The van der Waals surface area contributed by atoms with Gasteiger partial charge >= 0.3 is 0 Å². The molecule has 2 aliphatic rings. The highest BCUT2D eigenvalue weighted by molar-refractivity contribution is 4.97. The minimum absolute atomic E-state index is 0.340. The number of nitrogens with two attached hydrogens (primary N) is 1. The number of hydrogen-bond donors (Lipinski definition) is 1. The lowest BCUT2D eigenvalue weighted by molar-refractivity contribution is 0.417. The van der Waals surface area contributed by atoms with Gasteiger partial charge in [-0.25, -0.2) is 4.39 Å². The van der Waals surface area contributed by atoms with Crippen LogP contribution in [0, 0.1) is 0 Å². The molecule has 0 amide bonds. The van der Waals surface area contributed by atoms with Gasteiger partial charge in [-0.05, 0) is 45.8 Å². The van der Waals surface area contributed by atoms with Crippen LogP contribution in [0.3, 0.4) is 0 Å². The summed E-state index contributed by atoms with van der Waals surface area (Å²) in [4.78, 5) is 2.36. The molecule has 0 aromatic carbocycles. The second kappa shape index (κ2) is 4.19. The van der Waals surface area contributed by atoms with Gasteiger partial charge < -0.3 is 10.6 Å². The van der Waals surface area contributed by atoms with Gasteiger partial charge in [-0.1, -0.05) is 0 Å². The molecule has 0 aromatic rings. The molecule has 1 aliphatic carbocycles. The number of halogens is 1. The highest BCUT2D eigenvalue weighted by atomic mass is 19.1. The number of rotatable bonds is 1. The van der Waals surface area contributed by atoms with E-state index < -0.39 is 0 Å². The summed E-state index contributed by atoms with van der Waals surface area (Å²) in [6, 6.07) is 0. The van der Waals surface area contributed by atoms with Crippen LogP contribution in [-0.4, -0.2) is 37.3 Å². The summed E-state index contributed by atoms with van der Waals surface area (Å²) in [5.74, 6) is 0. The molecule has 0 aromatic heterocycles. The molecule has 2 nitrogen and oxygen atoms in total. The van der Waals surface area contributed by atoms with Crippen LogP contribution in [0.25, 0.3) is 0 Å². The monoisotopic (exact) mass is 174 g/mol.